The summed E-state index contributed by atoms with van der Waals surface area (Å²) in [5, 5.41) is 9.14. The van der Waals surface area contributed by atoms with Crippen LogP contribution in [0.25, 0.3) is 0 Å². The summed E-state index contributed by atoms with van der Waals surface area (Å²) in [6.07, 6.45) is 0. The van der Waals surface area contributed by atoms with Crippen LogP contribution in [-0.4, -0.2) is 72.6 Å². The van der Waals surface area contributed by atoms with E-state index in [1.807, 2.05) is 0 Å². The number of carbonyl (C=O) groups excluding carboxylic acids is 2. The van der Waals surface area contributed by atoms with Crippen LogP contribution in [-0.2, 0) is 19.1 Å². The molecule has 21 heavy (non-hydrogen) atoms. The third-order valence-electron chi connectivity index (χ3n) is 4.56. The molecule has 0 unspecified atom stereocenters. The Morgan fingerprint density at radius 1 is 1.33 bits per heavy atom. The van der Waals surface area contributed by atoms with Gasteiger partial charge >= 0.3 is 5.97 Å². The zero-order chi connectivity index (χ0) is 15.8. The number of hydrogen-bond donors (Lipinski definition) is 1. The van der Waals surface area contributed by atoms with Gasteiger partial charge in [0.2, 0.25) is 11.8 Å². The minimum atomic E-state index is -0.941. The van der Waals surface area contributed by atoms with Gasteiger partial charge in [-0.25, -0.2) is 0 Å². The highest BCUT2D eigenvalue weighted by atomic mass is 16.5. The van der Waals surface area contributed by atoms with E-state index in [1.165, 1.54) is 4.90 Å². The van der Waals surface area contributed by atoms with E-state index in [2.05, 4.69) is 0 Å². The predicted molar refractivity (Wildman–Crippen MR) is 73.4 cm³/mol. The molecule has 1 heterocycles. The third-order valence-corrected chi connectivity index (χ3v) is 4.56. The fourth-order valence-corrected chi connectivity index (χ4v) is 3.09. The fraction of sp³-hybridized carbons (Fsp3) is 0.786. The van der Waals surface area contributed by atoms with E-state index in [0.29, 0.717) is 26.2 Å². The molecule has 1 aliphatic carbocycles. The molecule has 1 aliphatic heterocycles. The van der Waals surface area contributed by atoms with Gasteiger partial charge in [-0.15, -0.1) is 0 Å². The standard InChI is InChI=1S/C14H22N2O5/c1-14(2)10(11(14)13(19)20)12(18)16-5-4-15(6-7-21-3)9(17)8-16/h10-11H,4-8H2,1-3H3,(H,19,20)/t10-,11+/m0/s1. The smallest absolute Gasteiger partial charge is 0.307 e. The minimum Gasteiger partial charge on any atom is -0.481 e. The second kappa shape index (κ2) is 5.63. The van der Waals surface area contributed by atoms with Crippen molar-refractivity contribution in [1.82, 2.24) is 9.80 Å². The number of aliphatic carboxylic acids is 1. The molecule has 0 aromatic heterocycles. The summed E-state index contributed by atoms with van der Waals surface area (Å²) in [4.78, 5) is 38.7. The van der Waals surface area contributed by atoms with E-state index in [9.17, 15) is 14.4 Å². The lowest BCUT2D eigenvalue weighted by Gasteiger charge is -2.34. The maximum Gasteiger partial charge on any atom is 0.307 e. The van der Waals surface area contributed by atoms with E-state index in [1.54, 1.807) is 25.9 Å². The number of methoxy groups -OCH3 is 1. The van der Waals surface area contributed by atoms with E-state index in [-0.39, 0.29) is 18.4 Å². The first-order chi connectivity index (χ1) is 9.80. The number of amides is 2. The molecule has 2 amide bonds. The molecule has 2 fully saturated rings. The van der Waals surface area contributed by atoms with E-state index < -0.39 is 23.2 Å². The maximum absolute atomic E-state index is 12.4. The van der Waals surface area contributed by atoms with Gasteiger partial charge in [-0.05, 0) is 5.41 Å². The minimum absolute atomic E-state index is 0.0292. The van der Waals surface area contributed by atoms with Crippen LogP contribution in [0.1, 0.15) is 13.8 Å². The Labute approximate surface area is 123 Å². The Morgan fingerprint density at radius 3 is 2.48 bits per heavy atom. The average molecular weight is 298 g/mol. The Kier molecular flexibility index (Phi) is 4.22. The van der Waals surface area contributed by atoms with Crippen LogP contribution in [0.3, 0.4) is 0 Å². The lowest BCUT2D eigenvalue weighted by atomic mass is 10.1. The molecule has 2 atom stereocenters. The van der Waals surface area contributed by atoms with Gasteiger partial charge in [0.25, 0.3) is 0 Å². The maximum atomic E-state index is 12.4. The van der Waals surface area contributed by atoms with Crippen LogP contribution in [0, 0.1) is 17.3 Å². The molecule has 118 valence electrons. The van der Waals surface area contributed by atoms with E-state index in [0.717, 1.165) is 0 Å². The molecule has 0 aromatic carbocycles. The van der Waals surface area contributed by atoms with Crippen molar-refractivity contribution in [3.05, 3.63) is 0 Å². The molecule has 0 spiro atoms. The van der Waals surface area contributed by atoms with Gasteiger partial charge < -0.3 is 19.6 Å². The zero-order valence-electron chi connectivity index (χ0n) is 12.7. The number of carboxylic acids is 1. The van der Waals surface area contributed by atoms with Crippen molar-refractivity contribution in [2.45, 2.75) is 13.8 Å². The van der Waals surface area contributed by atoms with Crippen LogP contribution in [0.4, 0.5) is 0 Å². The summed E-state index contributed by atoms with van der Waals surface area (Å²) in [5.74, 6) is -2.44. The number of nitrogens with zero attached hydrogens (tertiary/aromatic N) is 2. The van der Waals surface area contributed by atoms with Crippen molar-refractivity contribution >= 4 is 17.8 Å². The van der Waals surface area contributed by atoms with Crippen molar-refractivity contribution < 1.29 is 24.2 Å². The van der Waals surface area contributed by atoms with Gasteiger partial charge in [-0.1, -0.05) is 13.8 Å². The second-order valence-corrected chi connectivity index (χ2v) is 6.25. The first-order valence-electron chi connectivity index (χ1n) is 7.09. The van der Waals surface area contributed by atoms with Gasteiger partial charge in [-0.2, -0.15) is 0 Å². The van der Waals surface area contributed by atoms with Gasteiger partial charge in [-0.3, -0.25) is 14.4 Å². The topological polar surface area (TPSA) is 87.2 Å². The fourth-order valence-electron chi connectivity index (χ4n) is 3.09. The Bertz CT molecular complexity index is 462. The SMILES string of the molecule is COCCN1CCN(C(=O)[C@@H]2[C@H](C(=O)O)C2(C)C)CC1=O. The van der Waals surface area contributed by atoms with Gasteiger partial charge in [0.05, 0.1) is 25.0 Å². The van der Waals surface area contributed by atoms with Crippen molar-refractivity contribution in [1.29, 1.82) is 0 Å². The summed E-state index contributed by atoms with van der Waals surface area (Å²) < 4.78 is 4.94. The summed E-state index contributed by atoms with van der Waals surface area (Å²) in [7, 11) is 1.57. The average Bonchev–Trinajstić information content (AvgIpc) is 2.99. The number of piperazine rings is 1. The number of ether oxygens (including phenoxy) is 1. The van der Waals surface area contributed by atoms with Crippen molar-refractivity contribution in [2.24, 2.45) is 17.3 Å². The van der Waals surface area contributed by atoms with E-state index >= 15 is 0 Å². The molecule has 0 radical (unpaired) electrons. The number of carbonyl (C=O) groups is 3. The highest BCUT2D eigenvalue weighted by Crippen LogP contribution is 2.59. The van der Waals surface area contributed by atoms with Crippen LogP contribution >= 0.6 is 0 Å². The van der Waals surface area contributed by atoms with Gasteiger partial charge in [0.1, 0.15) is 0 Å². The highest BCUT2D eigenvalue weighted by Gasteiger charge is 2.66. The molecule has 7 nitrogen and oxygen atoms in total. The number of rotatable bonds is 5. The van der Waals surface area contributed by atoms with Crippen molar-refractivity contribution in [2.75, 3.05) is 39.9 Å². The molecule has 2 rings (SSSR count). The van der Waals surface area contributed by atoms with E-state index in [4.69, 9.17) is 9.84 Å². The summed E-state index contributed by atoms with van der Waals surface area (Å²) in [5.41, 5.74) is -0.529. The molecule has 7 heteroatoms. The molecule has 1 saturated carbocycles. The van der Waals surface area contributed by atoms with Gasteiger partial charge in [0, 0.05) is 26.7 Å². The summed E-state index contributed by atoms with van der Waals surface area (Å²) in [6, 6.07) is 0. The first kappa shape index (κ1) is 15.8. The first-order valence-corrected chi connectivity index (χ1v) is 7.09. The summed E-state index contributed by atoms with van der Waals surface area (Å²) >= 11 is 0. The molecule has 0 bridgehead atoms. The largest absolute Gasteiger partial charge is 0.481 e. The quantitative estimate of drug-likeness (QED) is 0.750. The van der Waals surface area contributed by atoms with Crippen LogP contribution in [0.5, 0.6) is 0 Å². The lowest BCUT2D eigenvalue weighted by Crippen LogP contribution is -2.53. The Morgan fingerprint density at radius 2 is 2.00 bits per heavy atom. The summed E-state index contributed by atoms with van der Waals surface area (Å²) in [6.45, 7) is 5.50. The molecule has 0 aromatic rings. The normalized spacial score (nSPS) is 27.7. The lowest BCUT2D eigenvalue weighted by molar-refractivity contribution is -0.147. The molecular formula is C14H22N2O5. The monoisotopic (exact) mass is 298 g/mol. The molecule has 1 N–H and O–H groups in total. The Hall–Kier alpha value is -1.63. The zero-order valence-corrected chi connectivity index (χ0v) is 12.7. The van der Waals surface area contributed by atoms with Crippen molar-refractivity contribution in [3.8, 4) is 0 Å². The van der Waals surface area contributed by atoms with Crippen molar-refractivity contribution in [3.63, 3.8) is 0 Å². The highest BCUT2D eigenvalue weighted by molar-refractivity contribution is 5.94. The van der Waals surface area contributed by atoms with Gasteiger partial charge in [0.15, 0.2) is 0 Å². The Balaban J connectivity index is 1.94. The van der Waals surface area contributed by atoms with Crippen LogP contribution in [0.2, 0.25) is 0 Å². The second-order valence-electron chi connectivity index (χ2n) is 6.25. The third kappa shape index (κ3) is 2.88. The molecule has 2 aliphatic rings. The number of carboxylic acid groups (broad SMARTS) is 1. The molecular weight excluding hydrogens is 276 g/mol. The van der Waals surface area contributed by atoms with Crippen LogP contribution < -0.4 is 0 Å². The molecule has 1 saturated heterocycles. The van der Waals surface area contributed by atoms with Crippen LogP contribution in [0.15, 0.2) is 0 Å². The predicted octanol–water partition coefficient (Wildman–Crippen LogP) is -0.340. The number of hydrogen-bond acceptors (Lipinski definition) is 4.